The topological polar surface area (TPSA) is 93.1 Å². The number of aromatic carboxylic acids is 1. The molecule has 1 fully saturated rings. The van der Waals surface area contributed by atoms with Crippen molar-refractivity contribution in [3.63, 3.8) is 0 Å². The number of ether oxygens (including phenoxy) is 2. The predicted octanol–water partition coefficient (Wildman–Crippen LogP) is 0.785. The fourth-order valence-corrected chi connectivity index (χ4v) is 1.53. The van der Waals surface area contributed by atoms with Gasteiger partial charge in [0.1, 0.15) is 5.56 Å². The quantitative estimate of drug-likeness (QED) is 0.756. The van der Waals surface area contributed by atoms with Gasteiger partial charge in [-0.15, -0.1) is 0 Å². The van der Waals surface area contributed by atoms with Crippen LogP contribution in [-0.2, 0) is 9.53 Å². The first kappa shape index (κ1) is 11.3. The van der Waals surface area contributed by atoms with Gasteiger partial charge in [-0.2, -0.15) is 0 Å². The van der Waals surface area contributed by atoms with Gasteiger partial charge in [-0.1, -0.05) is 6.07 Å². The number of carboxylic acids is 1. The fraction of sp³-hybridized carbons (Fsp3) is 0.273. The lowest BCUT2D eigenvalue weighted by Crippen LogP contribution is -2.21. The molecule has 0 bridgehead atoms. The van der Waals surface area contributed by atoms with Crippen molar-refractivity contribution in [2.24, 2.45) is 0 Å². The Labute approximate surface area is 96.4 Å². The van der Waals surface area contributed by atoms with E-state index >= 15 is 0 Å². The van der Waals surface area contributed by atoms with Crippen LogP contribution in [0.5, 0.6) is 11.5 Å². The Kier molecular flexibility index (Phi) is 2.86. The molecule has 1 atom stereocenters. The van der Waals surface area contributed by atoms with Crippen LogP contribution >= 0.6 is 0 Å². The highest BCUT2D eigenvalue weighted by atomic mass is 16.6. The Balaban J connectivity index is 2.24. The molecule has 1 aliphatic heterocycles. The van der Waals surface area contributed by atoms with E-state index in [-0.39, 0.29) is 17.9 Å². The van der Waals surface area contributed by atoms with E-state index in [1.807, 2.05) is 0 Å². The zero-order valence-electron chi connectivity index (χ0n) is 8.75. The Bertz CT molecular complexity index is 467. The van der Waals surface area contributed by atoms with Gasteiger partial charge in [0.2, 0.25) is 0 Å². The SMILES string of the molecule is O=C(O)c1cccc(OC2CCOC2=O)c1O. The third-order valence-electron chi connectivity index (χ3n) is 2.39. The normalized spacial score (nSPS) is 18.8. The number of esters is 1. The van der Waals surface area contributed by atoms with Gasteiger partial charge in [-0.3, -0.25) is 0 Å². The number of rotatable bonds is 3. The molecule has 1 aliphatic rings. The molecule has 0 aromatic heterocycles. The first-order valence-electron chi connectivity index (χ1n) is 4.98. The van der Waals surface area contributed by atoms with E-state index in [4.69, 9.17) is 14.6 Å². The minimum absolute atomic E-state index is 0.0336. The molecular formula is C11H10O6. The lowest BCUT2D eigenvalue weighted by Gasteiger charge is -2.12. The maximum absolute atomic E-state index is 11.2. The van der Waals surface area contributed by atoms with Crippen LogP contribution in [0.1, 0.15) is 16.8 Å². The van der Waals surface area contributed by atoms with Crippen LogP contribution in [0.3, 0.4) is 0 Å². The first-order valence-corrected chi connectivity index (χ1v) is 4.98. The number of carboxylic acid groups (broad SMARTS) is 1. The molecule has 0 saturated carbocycles. The number of carbonyl (C=O) groups is 2. The Morgan fingerprint density at radius 1 is 1.47 bits per heavy atom. The second-order valence-corrected chi connectivity index (χ2v) is 3.52. The van der Waals surface area contributed by atoms with Gasteiger partial charge in [-0.05, 0) is 12.1 Å². The lowest BCUT2D eigenvalue weighted by atomic mass is 10.2. The van der Waals surface area contributed by atoms with Crippen LogP contribution < -0.4 is 4.74 Å². The summed E-state index contributed by atoms with van der Waals surface area (Å²) in [7, 11) is 0. The first-order chi connectivity index (χ1) is 8.09. The summed E-state index contributed by atoms with van der Waals surface area (Å²) in [6, 6.07) is 4.07. The van der Waals surface area contributed by atoms with E-state index in [2.05, 4.69) is 0 Å². The summed E-state index contributed by atoms with van der Waals surface area (Å²) in [5.74, 6) is -2.29. The van der Waals surface area contributed by atoms with Crippen molar-refractivity contribution in [3.8, 4) is 11.5 Å². The molecule has 0 amide bonds. The molecular weight excluding hydrogens is 228 g/mol. The van der Waals surface area contributed by atoms with Crippen molar-refractivity contribution in [3.05, 3.63) is 23.8 Å². The third-order valence-corrected chi connectivity index (χ3v) is 2.39. The zero-order valence-corrected chi connectivity index (χ0v) is 8.75. The maximum Gasteiger partial charge on any atom is 0.347 e. The number of phenols is 1. The van der Waals surface area contributed by atoms with Gasteiger partial charge in [0, 0.05) is 6.42 Å². The molecule has 2 rings (SSSR count). The van der Waals surface area contributed by atoms with Crippen LogP contribution in [0, 0.1) is 0 Å². The predicted molar refractivity (Wildman–Crippen MR) is 55.1 cm³/mol. The van der Waals surface area contributed by atoms with Crippen LogP contribution in [0.15, 0.2) is 18.2 Å². The van der Waals surface area contributed by atoms with Crippen molar-refractivity contribution in [2.45, 2.75) is 12.5 Å². The summed E-state index contributed by atoms with van der Waals surface area (Å²) < 4.78 is 9.91. The summed E-state index contributed by atoms with van der Waals surface area (Å²) in [4.78, 5) is 21.9. The molecule has 0 radical (unpaired) electrons. The monoisotopic (exact) mass is 238 g/mol. The van der Waals surface area contributed by atoms with Gasteiger partial charge in [-0.25, -0.2) is 9.59 Å². The number of benzene rings is 1. The molecule has 0 aliphatic carbocycles. The minimum atomic E-state index is -1.26. The van der Waals surface area contributed by atoms with Gasteiger partial charge >= 0.3 is 11.9 Å². The summed E-state index contributed by atoms with van der Waals surface area (Å²) in [6.07, 6.45) is -0.403. The summed E-state index contributed by atoms with van der Waals surface area (Å²) in [5, 5.41) is 18.4. The molecule has 2 N–H and O–H groups in total. The molecule has 90 valence electrons. The minimum Gasteiger partial charge on any atom is -0.504 e. The highest BCUT2D eigenvalue weighted by Crippen LogP contribution is 2.31. The number of carbonyl (C=O) groups excluding carboxylic acids is 1. The second-order valence-electron chi connectivity index (χ2n) is 3.52. The molecule has 1 aromatic rings. The number of aromatic hydroxyl groups is 1. The molecule has 17 heavy (non-hydrogen) atoms. The molecule has 6 heteroatoms. The highest BCUT2D eigenvalue weighted by Gasteiger charge is 2.29. The number of hydrogen-bond donors (Lipinski definition) is 2. The van der Waals surface area contributed by atoms with Gasteiger partial charge in [0.15, 0.2) is 17.6 Å². The van der Waals surface area contributed by atoms with Crippen LogP contribution in [0.2, 0.25) is 0 Å². The van der Waals surface area contributed by atoms with E-state index < -0.39 is 23.8 Å². The van der Waals surface area contributed by atoms with E-state index in [0.29, 0.717) is 6.42 Å². The van der Waals surface area contributed by atoms with E-state index in [1.165, 1.54) is 18.2 Å². The zero-order chi connectivity index (χ0) is 12.4. The average Bonchev–Trinajstić information content (AvgIpc) is 2.67. The highest BCUT2D eigenvalue weighted by molar-refractivity contribution is 5.91. The second kappa shape index (κ2) is 4.32. The fourth-order valence-electron chi connectivity index (χ4n) is 1.53. The van der Waals surface area contributed by atoms with E-state index in [9.17, 15) is 14.7 Å². The van der Waals surface area contributed by atoms with Crippen molar-refractivity contribution in [1.82, 2.24) is 0 Å². The molecule has 6 nitrogen and oxygen atoms in total. The van der Waals surface area contributed by atoms with Gasteiger partial charge in [0.05, 0.1) is 6.61 Å². The molecule has 1 unspecified atom stereocenters. The van der Waals surface area contributed by atoms with Gasteiger partial charge < -0.3 is 19.7 Å². The largest absolute Gasteiger partial charge is 0.504 e. The van der Waals surface area contributed by atoms with Crippen LogP contribution in [0.25, 0.3) is 0 Å². The lowest BCUT2D eigenvalue weighted by molar-refractivity contribution is -0.143. The molecule has 1 aromatic carbocycles. The molecule has 1 heterocycles. The van der Waals surface area contributed by atoms with Crippen molar-refractivity contribution < 1.29 is 29.3 Å². The van der Waals surface area contributed by atoms with Crippen LogP contribution in [0.4, 0.5) is 0 Å². The summed E-state index contributed by atoms with van der Waals surface area (Å²) in [5.41, 5.74) is -0.270. The number of para-hydroxylation sites is 1. The van der Waals surface area contributed by atoms with Crippen molar-refractivity contribution >= 4 is 11.9 Å². The molecule has 1 saturated heterocycles. The van der Waals surface area contributed by atoms with Crippen molar-refractivity contribution in [1.29, 1.82) is 0 Å². The Hall–Kier alpha value is -2.24. The average molecular weight is 238 g/mol. The Morgan fingerprint density at radius 2 is 2.24 bits per heavy atom. The Morgan fingerprint density at radius 3 is 2.82 bits per heavy atom. The number of hydrogen-bond acceptors (Lipinski definition) is 5. The van der Waals surface area contributed by atoms with Crippen LogP contribution in [-0.4, -0.2) is 34.9 Å². The summed E-state index contributed by atoms with van der Waals surface area (Å²) in [6.45, 7) is 0.267. The molecule has 0 spiro atoms. The smallest absolute Gasteiger partial charge is 0.347 e. The van der Waals surface area contributed by atoms with Crippen molar-refractivity contribution in [2.75, 3.05) is 6.61 Å². The van der Waals surface area contributed by atoms with Gasteiger partial charge in [0.25, 0.3) is 0 Å². The standard InChI is InChI=1S/C11H10O6/c12-9-6(10(13)14)2-1-3-7(9)17-8-4-5-16-11(8)15/h1-3,8,12H,4-5H2,(H,13,14). The third kappa shape index (κ3) is 2.15. The van der Waals surface area contributed by atoms with E-state index in [0.717, 1.165) is 0 Å². The van der Waals surface area contributed by atoms with E-state index in [1.54, 1.807) is 0 Å². The maximum atomic E-state index is 11.2. The summed E-state index contributed by atoms with van der Waals surface area (Å²) >= 11 is 0. The number of cyclic esters (lactones) is 1.